The number of hydrogen-bond donors (Lipinski definition) is 0. The molecule has 0 N–H and O–H groups in total. The number of benzene rings is 2. The fourth-order valence-electron chi connectivity index (χ4n) is 5.03. The van der Waals surface area contributed by atoms with E-state index >= 15 is 0 Å². The number of likely N-dealkylation sites (tertiary alicyclic amines) is 1. The van der Waals surface area contributed by atoms with Crippen molar-refractivity contribution in [2.45, 2.75) is 50.7 Å². The quantitative estimate of drug-likeness (QED) is 0.536. The van der Waals surface area contributed by atoms with Crippen LogP contribution in [0.3, 0.4) is 0 Å². The summed E-state index contributed by atoms with van der Waals surface area (Å²) in [4.78, 5) is 15.1. The van der Waals surface area contributed by atoms with E-state index in [4.69, 9.17) is 14.2 Å². The van der Waals surface area contributed by atoms with Gasteiger partial charge in [0.25, 0.3) is 5.91 Å². The Bertz CT molecular complexity index is 1160. The molecule has 0 spiro atoms. The van der Waals surface area contributed by atoms with Crippen molar-refractivity contribution in [2.24, 2.45) is 0 Å². The van der Waals surface area contributed by atoms with Gasteiger partial charge in [0.15, 0.2) is 0 Å². The third-order valence-electron chi connectivity index (χ3n) is 7.18. The van der Waals surface area contributed by atoms with Crippen molar-refractivity contribution in [3.63, 3.8) is 0 Å². The molecule has 196 valence electrons. The van der Waals surface area contributed by atoms with Crippen LogP contribution in [0.2, 0.25) is 0 Å². The molecule has 0 aliphatic carbocycles. The molecule has 0 aromatic heterocycles. The van der Waals surface area contributed by atoms with E-state index in [-0.39, 0.29) is 29.9 Å². The number of methoxy groups -OCH3 is 1. The minimum atomic E-state index is -3.49. The van der Waals surface area contributed by atoms with Gasteiger partial charge in [0.1, 0.15) is 18.0 Å². The van der Waals surface area contributed by atoms with Crippen LogP contribution in [-0.2, 0) is 25.2 Å². The molecular weight excluding hydrogens is 480 g/mol. The summed E-state index contributed by atoms with van der Waals surface area (Å²) < 4.78 is 44.8. The van der Waals surface area contributed by atoms with Crippen LogP contribution in [0.4, 0.5) is 0 Å². The van der Waals surface area contributed by atoms with Gasteiger partial charge in [-0.25, -0.2) is 12.7 Å². The molecule has 4 rings (SSSR count). The summed E-state index contributed by atoms with van der Waals surface area (Å²) >= 11 is 0. The maximum Gasteiger partial charge on any atom is 0.254 e. The summed E-state index contributed by atoms with van der Waals surface area (Å²) in [5.41, 5.74) is 3.26. The highest BCUT2D eigenvalue weighted by Gasteiger charge is 2.38. The van der Waals surface area contributed by atoms with Crippen LogP contribution in [-0.4, -0.2) is 82.2 Å². The number of ether oxygens (including phenoxy) is 3. The van der Waals surface area contributed by atoms with E-state index in [1.807, 2.05) is 32.0 Å². The zero-order valence-electron chi connectivity index (χ0n) is 21.5. The Morgan fingerprint density at radius 2 is 1.69 bits per heavy atom. The lowest BCUT2D eigenvalue weighted by Gasteiger charge is -2.30. The Hall–Kier alpha value is -2.46. The van der Waals surface area contributed by atoms with Gasteiger partial charge in [0.05, 0.1) is 18.8 Å². The highest BCUT2D eigenvalue weighted by molar-refractivity contribution is 7.88. The van der Waals surface area contributed by atoms with Crippen LogP contribution in [0.25, 0.3) is 0 Å². The highest BCUT2D eigenvalue weighted by Crippen LogP contribution is 2.26. The van der Waals surface area contributed by atoms with Gasteiger partial charge in [-0.15, -0.1) is 0 Å². The van der Waals surface area contributed by atoms with Gasteiger partial charge < -0.3 is 19.1 Å². The molecule has 2 aliphatic rings. The van der Waals surface area contributed by atoms with Crippen molar-refractivity contribution in [1.29, 1.82) is 0 Å². The number of rotatable bonds is 8. The molecule has 2 aliphatic heterocycles. The monoisotopic (exact) mass is 516 g/mol. The maximum absolute atomic E-state index is 13.3. The number of amides is 1. The van der Waals surface area contributed by atoms with Crippen LogP contribution in [0.1, 0.15) is 39.9 Å². The van der Waals surface area contributed by atoms with E-state index in [0.717, 1.165) is 11.1 Å². The molecule has 36 heavy (non-hydrogen) atoms. The van der Waals surface area contributed by atoms with Crippen LogP contribution >= 0.6 is 0 Å². The van der Waals surface area contributed by atoms with E-state index in [1.165, 1.54) is 4.31 Å². The van der Waals surface area contributed by atoms with Crippen molar-refractivity contribution < 1.29 is 27.4 Å². The second-order valence-corrected chi connectivity index (χ2v) is 11.7. The van der Waals surface area contributed by atoms with Crippen LogP contribution in [0.15, 0.2) is 42.5 Å². The lowest BCUT2D eigenvalue weighted by Crippen LogP contribution is -2.41. The zero-order chi connectivity index (χ0) is 25.9. The molecule has 2 aromatic rings. The second-order valence-electron chi connectivity index (χ2n) is 9.67. The fraction of sp³-hybridized carbons (Fsp3) is 0.519. The smallest absolute Gasteiger partial charge is 0.254 e. The summed E-state index contributed by atoms with van der Waals surface area (Å²) in [7, 11) is -0.224. The Kier molecular flexibility index (Phi) is 8.34. The summed E-state index contributed by atoms with van der Waals surface area (Å²) in [6.07, 6.45) is 0.761. The minimum Gasteiger partial charge on any atom is -0.486 e. The van der Waals surface area contributed by atoms with E-state index in [1.54, 1.807) is 43.3 Å². The molecule has 8 nitrogen and oxygen atoms in total. The van der Waals surface area contributed by atoms with Gasteiger partial charge in [0.2, 0.25) is 10.0 Å². The number of aryl methyl sites for hydroxylation is 2. The highest BCUT2D eigenvalue weighted by atomic mass is 32.2. The number of sulfonamides is 1. The van der Waals surface area contributed by atoms with Crippen LogP contribution in [0.5, 0.6) is 5.75 Å². The minimum absolute atomic E-state index is 0.0326. The number of carbonyl (C=O) groups is 1. The van der Waals surface area contributed by atoms with E-state index in [2.05, 4.69) is 0 Å². The lowest BCUT2D eigenvalue weighted by atomic mass is 10.0. The topological polar surface area (TPSA) is 85.4 Å². The molecular formula is C27H36N2O6S. The molecule has 0 saturated carbocycles. The van der Waals surface area contributed by atoms with E-state index in [0.29, 0.717) is 56.0 Å². The van der Waals surface area contributed by atoms with Crippen molar-refractivity contribution in [3.8, 4) is 5.75 Å². The van der Waals surface area contributed by atoms with Crippen molar-refractivity contribution in [1.82, 2.24) is 9.21 Å². The Morgan fingerprint density at radius 1 is 1.06 bits per heavy atom. The first-order chi connectivity index (χ1) is 17.2. The molecule has 2 aromatic carbocycles. The molecule has 2 fully saturated rings. The van der Waals surface area contributed by atoms with Gasteiger partial charge in [-0.05, 0) is 55.5 Å². The van der Waals surface area contributed by atoms with Gasteiger partial charge in [0, 0.05) is 39.0 Å². The third-order valence-corrected chi connectivity index (χ3v) is 9.05. The average molecular weight is 517 g/mol. The van der Waals surface area contributed by atoms with Gasteiger partial charge in [-0.3, -0.25) is 4.79 Å². The first-order valence-corrected chi connectivity index (χ1v) is 14.0. The Labute approximate surface area is 214 Å². The predicted molar refractivity (Wildman–Crippen MR) is 138 cm³/mol. The second kappa shape index (κ2) is 11.3. The molecule has 1 amide bonds. The molecule has 2 heterocycles. The Morgan fingerprint density at radius 3 is 2.36 bits per heavy atom. The summed E-state index contributed by atoms with van der Waals surface area (Å²) in [5.74, 6) is 0.424. The van der Waals surface area contributed by atoms with E-state index < -0.39 is 10.0 Å². The van der Waals surface area contributed by atoms with Crippen molar-refractivity contribution >= 4 is 15.9 Å². The van der Waals surface area contributed by atoms with Gasteiger partial charge in [-0.1, -0.05) is 30.3 Å². The average Bonchev–Trinajstić information content (AvgIpc) is 3.26. The van der Waals surface area contributed by atoms with Crippen LogP contribution in [0, 0.1) is 13.8 Å². The number of carbonyl (C=O) groups excluding carboxylic acids is 1. The number of hydrogen-bond acceptors (Lipinski definition) is 6. The summed E-state index contributed by atoms with van der Waals surface area (Å²) in [5, 5.41) is 0. The molecule has 0 radical (unpaired) electrons. The summed E-state index contributed by atoms with van der Waals surface area (Å²) in [6.45, 7) is 5.86. The lowest BCUT2D eigenvalue weighted by molar-refractivity contribution is 0.0339. The van der Waals surface area contributed by atoms with Crippen LogP contribution < -0.4 is 4.74 Å². The fourth-order valence-corrected chi connectivity index (χ4v) is 6.50. The first-order valence-electron chi connectivity index (χ1n) is 12.4. The molecule has 9 heteroatoms. The molecule has 2 atom stereocenters. The number of nitrogens with zero attached hydrogens (tertiary/aromatic N) is 2. The standard InChI is InChI=1S/C27H36N2O6S/c1-19-7-5-8-20(2)26(19)27(30)29-16-24(33-4)25(17-29)35-23-10-6-9-21(15-23)18-36(31,32)28(3)22-11-13-34-14-12-22/h5-10,15,22,24-25H,11-14,16-18H2,1-4H3/t24-,25-/m1/s1. The van der Waals surface area contributed by atoms with Gasteiger partial charge >= 0.3 is 0 Å². The Balaban J connectivity index is 1.44. The van der Waals surface area contributed by atoms with Gasteiger partial charge in [-0.2, -0.15) is 0 Å². The molecule has 0 unspecified atom stereocenters. The molecule has 2 saturated heterocycles. The van der Waals surface area contributed by atoms with E-state index in [9.17, 15) is 13.2 Å². The maximum atomic E-state index is 13.3. The normalized spacial score (nSPS) is 21.2. The largest absolute Gasteiger partial charge is 0.486 e. The SMILES string of the molecule is CO[C@@H]1CN(C(=O)c2c(C)cccc2C)C[C@H]1Oc1cccc(CS(=O)(=O)N(C)C2CCOCC2)c1. The first kappa shape index (κ1) is 26.6. The zero-order valence-corrected chi connectivity index (χ0v) is 22.3. The van der Waals surface area contributed by atoms with Crippen molar-refractivity contribution in [3.05, 3.63) is 64.7 Å². The predicted octanol–water partition coefficient (Wildman–Crippen LogP) is 3.16. The third kappa shape index (κ3) is 5.91. The summed E-state index contributed by atoms with van der Waals surface area (Å²) in [6, 6.07) is 13.0. The molecule has 0 bridgehead atoms. The van der Waals surface area contributed by atoms with Crippen molar-refractivity contribution in [2.75, 3.05) is 40.5 Å².